The van der Waals surface area contributed by atoms with Gasteiger partial charge in [-0.2, -0.15) is 5.10 Å². The Labute approximate surface area is 303 Å². The minimum Gasteiger partial charge on any atom is -0.496 e. The number of rotatable bonds is 16. The first-order valence-corrected chi connectivity index (χ1v) is 18.6. The van der Waals surface area contributed by atoms with E-state index in [1.54, 1.807) is 25.0 Å². The predicted octanol–water partition coefficient (Wildman–Crippen LogP) is 6.41. The van der Waals surface area contributed by atoms with Gasteiger partial charge in [0, 0.05) is 12.2 Å². The van der Waals surface area contributed by atoms with Crippen LogP contribution in [0.2, 0.25) is 0 Å². The highest BCUT2D eigenvalue weighted by Gasteiger charge is 2.56. The molecule has 2 fully saturated rings. The molecule has 5 unspecified atom stereocenters. The monoisotopic (exact) mass is 702 g/mol. The van der Waals surface area contributed by atoms with Gasteiger partial charge in [-0.3, -0.25) is 4.79 Å². The first kappa shape index (κ1) is 38.1. The van der Waals surface area contributed by atoms with Crippen LogP contribution < -0.4 is 25.8 Å². The van der Waals surface area contributed by atoms with Crippen molar-refractivity contribution in [2.24, 2.45) is 29.4 Å². The van der Waals surface area contributed by atoms with Crippen LogP contribution >= 0.6 is 0 Å². The summed E-state index contributed by atoms with van der Waals surface area (Å²) < 4.78 is 13.4. The van der Waals surface area contributed by atoms with Crippen molar-refractivity contribution in [2.75, 3.05) is 52.8 Å². The summed E-state index contributed by atoms with van der Waals surface area (Å²) in [7, 11) is 5.32. The quantitative estimate of drug-likeness (QED) is 0.125. The minimum atomic E-state index is -1.37. The zero-order valence-corrected chi connectivity index (χ0v) is 31.5. The summed E-state index contributed by atoms with van der Waals surface area (Å²) in [5, 5.41) is 22.4. The number of anilines is 1. The van der Waals surface area contributed by atoms with E-state index in [1.807, 2.05) is 37.3 Å². The summed E-state index contributed by atoms with van der Waals surface area (Å²) in [5.74, 6) is 0.303. The topological polar surface area (TPSA) is 144 Å². The summed E-state index contributed by atoms with van der Waals surface area (Å²) in [5.41, 5.74) is 8.52. The number of fused-ring (bicyclic) bond motifs is 2. The molecular weight excluding hydrogens is 644 g/mol. The number of carboxylic acids is 1. The van der Waals surface area contributed by atoms with Crippen LogP contribution in [0.4, 0.5) is 5.69 Å². The lowest BCUT2D eigenvalue weighted by atomic mass is 9.56. The molecule has 278 valence electrons. The van der Waals surface area contributed by atoms with E-state index in [0.29, 0.717) is 41.1 Å². The van der Waals surface area contributed by atoms with Crippen LogP contribution in [0.5, 0.6) is 11.5 Å². The number of carbonyl (C=O) groups excluding carboxylic acids is 1. The van der Waals surface area contributed by atoms with E-state index in [1.165, 1.54) is 0 Å². The Morgan fingerprint density at radius 3 is 2.39 bits per heavy atom. The van der Waals surface area contributed by atoms with Crippen LogP contribution in [-0.2, 0) is 4.79 Å². The van der Waals surface area contributed by atoms with Crippen LogP contribution in [-0.4, -0.2) is 84.6 Å². The number of carboxylic acid groups (broad SMARTS) is 1. The average molecular weight is 703 g/mol. The lowest BCUT2D eigenvalue weighted by Crippen LogP contribution is -2.66. The largest absolute Gasteiger partial charge is 0.496 e. The minimum absolute atomic E-state index is 0.123. The molecular formula is C40H58N6O5. The number of amides is 1. The Morgan fingerprint density at radius 2 is 1.75 bits per heavy atom. The zero-order valence-electron chi connectivity index (χ0n) is 31.5. The third kappa shape index (κ3) is 8.04. The standard InChI is InChI=1S/C40H58N6O5/c1-25(2)31-23-30(42-16-10-18-45(5)17-9-15-41)13-14-33(31)46-34(37-35(50-6)11-8-12-36(37)51-7)24-32(44-46)38(47)43-40(39(48)49)27(4)21-28-19-26(3)20-29(40)22-28/h8,11-14,23-29,42H,9-10,15-22,41H2,1-7H3,(H,43,47)(H,48,49). The fourth-order valence-electron chi connectivity index (χ4n) is 8.65. The third-order valence-corrected chi connectivity index (χ3v) is 11.1. The highest BCUT2D eigenvalue weighted by molar-refractivity contribution is 5.98. The summed E-state index contributed by atoms with van der Waals surface area (Å²) in [4.78, 5) is 29.8. The molecule has 0 radical (unpaired) electrons. The number of ether oxygens (including phenoxy) is 2. The molecule has 2 aromatic carbocycles. The van der Waals surface area contributed by atoms with Gasteiger partial charge in [0.2, 0.25) is 0 Å². The van der Waals surface area contributed by atoms with E-state index in [-0.39, 0.29) is 23.4 Å². The van der Waals surface area contributed by atoms with Gasteiger partial charge < -0.3 is 35.8 Å². The second-order valence-corrected chi connectivity index (χ2v) is 15.2. The number of aliphatic carboxylic acids is 1. The van der Waals surface area contributed by atoms with Gasteiger partial charge in [0.1, 0.15) is 17.0 Å². The number of methoxy groups -OCH3 is 2. The Morgan fingerprint density at radius 1 is 1.04 bits per heavy atom. The lowest BCUT2D eigenvalue weighted by molar-refractivity contribution is -0.155. The van der Waals surface area contributed by atoms with Gasteiger partial charge >= 0.3 is 5.97 Å². The third-order valence-electron chi connectivity index (χ3n) is 11.1. The molecule has 2 aliphatic rings. The summed E-state index contributed by atoms with van der Waals surface area (Å²) in [6.07, 6.45) is 5.44. The van der Waals surface area contributed by atoms with Crippen molar-refractivity contribution in [1.82, 2.24) is 20.0 Å². The van der Waals surface area contributed by atoms with Crippen molar-refractivity contribution < 1.29 is 24.2 Å². The number of nitrogens with two attached hydrogens (primary N) is 1. The second-order valence-electron chi connectivity index (χ2n) is 15.2. The van der Waals surface area contributed by atoms with Crippen LogP contribution in [0.1, 0.15) is 88.2 Å². The fraction of sp³-hybridized carbons (Fsp3) is 0.575. The molecule has 1 heterocycles. The molecule has 1 amide bonds. The molecule has 0 aliphatic heterocycles. The number of hydrogen-bond donors (Lipinski definition) is 4. The van der Waals surface area contributed by atoms with E-state index < -0.39 is 17.4 Å². The molecule has 5 N–H and O–H groups in total. The van der Waals surface area contributed by atoms with Gasteiger partial charge in [-0.15, -0.1) is 0 Å². The van der Waals surface area contributed by atoms with Crippen LogP contribution in [0.15, 0.2) is 42.5 Å². The van der Waals surface area contributed by atoms with Gasteiger partial charge in [0.15, 0.2) is 5.69 Å². The molecule has 3 aromatic rings. The molecule has 11 heteroatoms. The van der Waals surface area contributed by atoms with Gasteiger partial charge in [-0.05, 0) is 137 Å². The molecule has 51 heavy (non-hydrogen) atoms. The van der Waals surface area contributed by atoms with E-state index in [2.05, 4.69) is 49.4 Å². The molecule has 0 saturated heterocycles. The van der Waals surface area contributed by atoms with Gasteiger partial charge in [0.05, 0.1) is 31.2 Å². The lowest BCUT2D eigenvalue weighted by Gasteiger charge is -2.52. The van der Waals surface area contributed by atoms with Crippen LogP contribution in [0.3, 0.4) is 0 Å². The van der Waals surface area contributed by atoms with E-state index in [9.17, 15) is 14.7 Å². The number of aromatic nitrogens is 2. The van der Waals surface area contributed by atoms with E-state index >= 15 is 0 Å². The Balaban J connectivity index is 1.54. The predicted molar refractivity (Wildman–Crippen MR) is 202 cm³/mol. The SMILES string of the molecule is COc1cccc(OC)c1-c1cc(C(=O)NC2(C(=O)O)C(C)CC3CC(C)CC2C3)nn1-c1ccc(NCCCN(C)CCCN)cc1C(C)C. The van der Waals surface area contributed by atoms with Crippen molar-refractivity contribution in [2.45, 2.75) is 77.7 Å². The van der Waals surface area contributed by atoms with Gasteiger partial charge in [-0.1, -0.05) is 33.8 Å². The maximum absolute atomic E-state index is 14.3. The highest BCUT2D eigenvalue weighted by Crippen LogP contribution is 2.50. The fourth-order valence-corrected chi connectivity index (χ4v) is 8.65. The number of benzene rings is 2. The second kappa shape index (κ2) is 16.5. The number of carbonyl (C=O) groups is 2. The van der Waals surface area contributed by atoms with Gasteiger partial charge in [0.25, 0.3) is 5.91 Å². The molecule has 5 rings (SSSR count). The molecule has 5 atom stereocenters. The first-order valence-electron chi connectivity index (χ1n) is 18.6. The van der Waals surface area contributed by atoms with Crippen LogP contribution in [0.25, 0.3) is 16.9 Å². The van der Waals surface area contributed by atoms with Gasteiger partial charge in [-0.25, -0.2) is 9.48 Å². The normalized spacial score (nSPS) is 22.9. The maximum atomic E-state index is 14.3. The molecule has 2 bridgehead atoms. The van der Waals surface area contributed by atoms with Crippen molar-refractivity contribution in [1.29, 1.82) is 0 Å². The summed E-state index contributed by atoms with van der Waals surface area (Å²) in [6.45, 7) is 11.9. The Hall–Kier alpha value is -4.09. The zero-order chi connectivity index (χ0) is 36.9. The summed E-state index contributed by atoms with van der Waals surface area (Å²) in [6, 6.07) is 13.5. The molecule has 2 saturated carbocycles. The van der Waals surface area contributed by atoms with E-state index in [4.69, 9.17) is 20.3 Å². The molecule has 11 nitrogen and oxygen atoms in total. The highest BCUT2D eigenvalue weighted by atomic mass is 16.5. The Bertz CT molecular complexity index is 1650. The van der Waals surface area contributed by atoms with Crippen molar-refractivity contribution in [3.05, 3.63) is 53.7 Å². The smallest absolute Gasteiger partial charge is 0.329 e. The van der Waals surface area contributed by atoms with Crippen LogP contribution in [0, 0.1) is 23.7 Å². The summed E-state index contributed by atoms with van der Waals surface area (Å²) >= 11 is 0. The average Bonchev–Trinajstić information content (AvgIpc) is 3.55. The number of nitrogens with zero attached hydrogens (tertiary/aromatic N) is 3. The molecule has 0 spiro atoms. The van der Waals surface area contributed by atoms with Crippen molar-refractivity contribution >= 4 is 17.6 Å². The van der Waals surface area contributed by atoms with E-state index in [0.717, 1.165) is 75.1 Å². The number of hydrogen-bond acceptors (Lipinski definition) is 8. The number of nitrogens with one attached hydrogen (secondary N) is 2. The Kier molecular flexibility index (Phi) is 12.3. The molecule has 2 aliphatic carbocycles. The molecule has 1 aromatic heterocycles. The maximum Gasteiger partial charge on any atom is 0.329 e. The first-order chi connectivity index (χ1) is 24.4. The van der Waals surface area contributed by atoms with Crippen molar-refractivity contribution in [3.63, 3.8) is 0 Å². The van der Waals surface area contributed by atoms with Crippen molar-refractivity contribution in [3.8, 4) is 28.4 Å².